The lowest BCUT2D eigenvalue weighted by molar-refractivity contribution is -0.122. The van der Waals surface area contributed by atoms with Crippen molar-refractivity contribution >= 4 is 51.8 Å². The Morgan fingerprint density at radius 1 is 0.971 bits per heavy atom. The largest absolute Gasteiger partial charge is 0.318 e. The van der Waals surface area contributed by atoms with Crippen LogP contribution >= 0.6 is 12.2 Å². The van der Waals surface area contributed by atoms with Crippen molar-refractivity contribution in [2.24, 2.45) is 0 Å². The summed E-state index contributed by atoms with van der Waals surface area (Å²) in [5.74, 6) is -0.933. The lowest BCUT2D eigenvalue weighted by Crippen LogP contribution is -2.54. The second-order valence-corrected chi connectivity index (χ2v) is 9.11. The molecule has 1 N–H and O–H groups in total. The number of benzene rings is 2. The number of nitrogens with one attached hydrogen (secondary N) is 1. The van der Waals surface area contributed by atoms with Gasteiger partial charge in [0.2, 0.25) is 0 Å². The van der Waals surface area contributed by atoms with Gasteiger partial charge in [-0.05, 0) is 99.1 Å². The third-order valence-corrected chi connectivity index (χ3v) is 6.82. The second kappa shape index (κ2) is 8.60. The minimum absolute atomic E-state index is 0.0440. The number of carbonyl (C=O) groups excluding carboxylic acids is 2. The first-order valence-corrected chi connectivity index (χ1v) is 11.7. The zero-order chi connectivity index (χ0) is 24.9. The Morgan fingerprint density at radius 2 is 1.77 bits per heavy atom. The van der Waals surface area contributed by atoms with Crippen molar-refractivity contribution in [1.82, 2.24) is 14.9 Å². The minimum atomic E-state index is -0.497. The molecule has 1 aliphatic heterocycles. The SMILES string of the molecule is Cc1cccc(N2C(=O)/C(=C/c3cc(C)n(-c4ccc5ncccc5c4)c3C)C(=O)NC2=S)c1C. The molecule has 2 amide bonds. The number of aryl methyl sites for hydroxylation is 2. The molecule has 6 nitrogen and oxygen atoms in total. The predicted octanol–water partition coefficient (Wildman–Crippen LogP) is 5.09. The number of rotatable bonds is 3. The Bertz CT molecular complexity index is 1580. The van der Waals surface area contributed by atoms with Crippen LogP contribution in [0.4, 0.5) is 5.69 Å². The van der Waals surface area contributed by atoms with Crippen LogP contribution in [0, 0.1) is 27.7 Å². The summed E-state index contributed by atoms with van der Waals surface area (Å²) in [6.07, 6.45) is 3.43. The summed E-state index contributed by atoms with van der Waals surface area (Å²) in [6, 6.07) is 17.7. The van der Waals surface area contributed by atoms with Gasteiger partial charge in [0.05, 0.1) is 11.2 Å². The van der Waals surface area contributed by atoms with Crippen molar-refractivity contribution in [3.8, 4) is 5.69 Å². The number of nitrogens with zero attached hydrogens (tertiary/aromatic N) is 3. The molecule has 0 bridgehead atoms. The molecule has 2 aromatic carbocycles. The zero-order valence-corrected chi connectivity index (χ0v) is 20.7. The Morgan fingerprint density at radius 3 is 2.57 bits per heavy atom. The number of aromatic nitrogens is 2. The van der Waals surface area contributed by atoms with Crippen molar-refractivity contribution in [2.45, 2.75) is 27.7 Å². The Kier molecular flexibility index (Phi) is 5.57. The average molecular weight is 481 g/mol. The number of thiocarbonyl (C=S) groups is 1. The maximum Gasteiger partial charge on any atom is 0.270 e. The molecule has 0 aliphatic carbocycles. The quantitative estimate of drug-likeness (QED) is 0.252. The normalized spacial score (nSPS) is 15.3. The Hall–Kier alpha value is -4.10. The fourth-order valence-electron chi connectivity index (χ4n) is 4.54. The first kappa shape index (κ1) is 22.7. The van der Waals surface area contributed by atoms with Gasteiger partial charge in [0.1, 0.15) is 5.57 Å². The van der Waals surface area contributed by atoms with E-state index in [-0.39, 0.29) is 10.7 Å². The van der Waals surface area contributed by atoms with Crippen molar-refractivity contribution in [1.29, 1.82) is 0 Å². The monoisotopic (exact) mass is 480 g/mol. The van der Waals surface area contributed by atoms with E-state index in [1.807, 2.05) is 76.2 Å². The molecule has 1 fully saturated rings. The molecule has 0 spiro atoms. The number of anilines is 1. The minimum Gasteiger partial charge on any atom is -0.318 e. The molecule has 0 radical (unpaired) electrons. The first-order valence-electron chi connectivity index (χ1n) is 11.3. The van der Waals surface area contributed by atoms with Gasteiger partial charge in [-0.25, -0.2) is 0 Å². The molecule has 0 atom stereocenters. The highest BCUT2D eigenvalue weighted by Gasteiger charge is 2.35. The maximum atomic E-state index is 13.5. The highest BCUT2D eigenvalue weighted by Crippen LogP contribution is 2.29. The van der Waals surface area contributed by atoms with E-state index in [4.69, 9.17) is 12.2 Å². The summed E-state index contributed by atoms with van der Waals surface area (Å²) in [5, 5.41) is 3.81. The van der Waals surface area contributed by atoms with Gasteiger partial charge in [-0.3, -0.25) is 24.8 Å². The van der Waals surface area contributed by atoms with Gasteiger partial charge in [0.25, 0.3) is 11.8 Å². The van der Waals surface area contributed by atoms with Crippen molar-refractivity contribution in [2.75, 3.05) is 4.90 Å². The standard InChI is InChI=1S/C28H24N4O2S/c1-16-7-5-9-25(18(16)3)32-27(34)23(26(33)30-28(32)35)15-21-13-17(2)31(19(21)4)22-10-11-24-20(14-22)8-6-12-29-24/h5-15H,1-4H3,(H,30,33,35)/b23-15+. The van der Waals surface area contributed by atoms with Crippen LogP contribution < -0.4 is 10.2 Å². The van der Waals surface area contributed by atoms with E-state index < -0.39 is 11.8 Å². The summed E-state index contributed by atoms with van der Waals surface area (Å²) in [7, 11) is 0. The molecule has 4 aromatic rings. The number of hydrogen-bond donors (Lipinski definition) is 1. The molecule has 1 saturated heterocycles. The molecule has 174 valence electrons. The highest BCUT2D eigenvalue weighted by atomic mass is 32.1. The van der Waals surface area contributed by atoms with Gasteiger partial charge < -0.3 is 4.57 Å². The maximum absolute atomic E-state index is 13.5. The van der Waals surface area contributed by atoms with E-state index >= 15 is 0 Å². The molecule has 0 unspecified atom stereocenters. The number of hydrogen-bond acceptors (Lipinski definition) is 4. The Labute approximate surface area is 208 Å². The summed E-state index contributed by atoms with van der Waals surface area (Å²) in [4.78, 5) is 32.2. The fourth-order valence-corrected chi connectivity index (χ4v) is 4.82. The third-order valence-electron chi connectivity index (χ3n) is 6.53. The molecule has 0 saturated carbocycles. The molecule has 35 heavy (non-hydrogen) atoms. The highest BCUT2D eigenvalue weighted by molar-refractivity contribution is 7.80. The summed E-state index contributed by atoms with van der Waals surface area (Å²) in [5.41, 5.74) is 7.30. The molecular weight excluding hydrogens is 456 g/mol. The molecule has 2 aromatic heterocycles. The van der Waals surface area contributed by atoms with Gasteiger partial charge in [-0.15, -0.1) is 0 Å². The lowest BCUT2D eigenvalue weighted by atomic mass is 10.0. The molecule has 5 rings (SSSR count). The van der Waals surface area contributed by atoms with Crippen LogP contribution in [0.1, 0.15) is 28.1 Å². The van der Waals surface area contributed by atoms with Gasteiger partial charge in [0, 0.05) is 28.7 Å². The third kappa shape index (κ3) is 3.84. The van der Waals surface area contributed by atoms with Gasteiger partial charge in [-0.2, -0.15) is 0 Å². The van der Waals surface area contributed by atoms with Crippen LogP contribution in [-0.4, -0.2) is 26.5 Å². The number of pyridine rings is 1. The van der Waals surface area contributed by atoms with Crippen molar-refractivity contribution < 1.29 is 9.59 Å². The van der Waals surface area contributed by atoms with E-state index in [0.29, 0.717) is 5.69 Å². The van der Waals surface area contributed by atoms with Crippen LogP contribution in [0.25, 0.3) is 22.7 Å². The molecular formula is C28H24N4O2S. The lowest BCUT2D eigenvalue weighted by Gasteiger charge is -2.30. The van der Waals surface area contributed by atoms with Crippen LogP contribution in [0.5, 0.6) is 0 Å². The first-order chi connectivity index (χ1) is 16.8. The van der Waals surface area contributed by atoms with E-state index in [9.17, 15) is 9.59 Å². The van der Waals surface area contributed by atoms with Crippen LogP contribution in [0.15, 0.2) is 66.4 Å². The molecule has 7 heteroatoms. The average Bonchev–Trinajstić information content (AvgIpc) is 3.11. The van der Waals surface area contributed by atoms with E-state index in [1.54, 1.807) is 12.3 Å². The topological polar surface area (TPSA) is 67.2 Å². The smallest absolute Gasteiger partial charge is 0.270 e. The molecule has 3 heterocycles. The number of amides is 2. The van der Waals surface area contributed by atoms with E-state index in [2.05, 4.69) is 20.9 Å². The van der Waals surface area contributed by atoms with Crippen LogP contribution in [0.3, 0.4) is 0 Å². The molecule has 1 aliphatic rings. The fraction of sp³-hybridized carbons (Fsp3) is 0.143. The van der Waals surface area contributed by atoms with Crippen LogP contribution in [0.2, 0.25) is 0 Å². The summed E-state index contributed by atoms with van der Waals surface area (Å²) < 4.78 is 2.11. The number of carbonyl (C=O) groups is 2. The zero-order valence-electron chi connectivity index (χ0n) is 19.9. The van der Waals surface area contributed by atoms with Crippen LogP contribution in [-0.2, 0) is 9.59 Å². The summed E-state index contributed by atoms with van der Waals surface area (Å²) >= 11 is 5.37. The number of fused-ring (bicyclic) bond motifs is 1. The second-order valence-electron chi connectivity index (χ2n) is 8.72. The predicted molar refractivity (Wildman–Crippen MR) is 143 cm³/mol. The summed E-state index contributed by atoms with van der Waals surface area (Å²) in [6.45, 7) is 7.89. The van der Waals surface area contributed by atoms with Crippen molar-refractivity contribution in [3.05, 3.63) is 94.4 Å². The van der Waals surface area contributed by atoms with E-state index in [0.717, 1.165) is 44.7 Å². The van der Waals surface area contributed by atoms with Crippen molar-refractivity contribution in [3.63, 3.8) is 0 Å². The van der Waals surface area contributed by atoms with Gasteiger partial charge in [0.15, 0.2) is 5.11 Å². The van der Waals surface area contributed by atoms with Gasteiger partial charge >= 0.3 is 0 Å². The van der Waals surface area contributed by atoms with E-state index in [1.165, 1.54) is 4.90 Å². The Balaban J connectivity index is 1.58. The van der Waals surface area contributed by atoms with Gasteiger partial charge in [-0.1, -0.05) is 18.2 Å².